The monoisotopic (exact) mass is 498 g/mol. The molecule has 1 aromatic carbocycles. The van der Waals surface area contributed by atoms with Crippen molar-refractivity contribution in [3.63, 3.8) is 0 Å². The highest BCUT2D eigenvalue weighted by Gasteiger charge is 2.10. The van der Waals surface area contributed by atoms with E-state index in [-0.39, 0.29) is 30.5 Å². The normalized spacial score (nSPS) is 12.6. The second-order valence-electron chi connectivity index (χ2n) is 5.83. The van der Waals surface area contributed by atoms with Crippen LogP contribution in [-0.4, -0.2) is 69.5 Å². The molecule has 8 heteroatoms. The van der Waals surface area contributed by atoms with E-state index in [2.05, 4.69) is 27.6 Å². The van der Waals surface area contributed by atoms with E-state index < -0.39 is 6.10 Å². The fourth-order valence-electron chi connectivity index (χ4n) is 2.32. The van der Waals surface area contributed by atoms with Gasteiger partial charge in [0.05, 0.1) is 6.54 Å². The average Bonchev–Trinajstić information content (AvgIpc) is 2.60. The number of rotatable bonds is 11. The van der Waals surface area contributed by atoms with Gasteiger partial charge in [0.2, 0.25) is 0 Å². The van der Waals surface area contributed by atoms with Crippen molar-refractivity contribution in [2.45, 2.75) is 19.4 Å². The molecule has 0 aliphatic carbocycles. The number of methoxy groups -OCH3 is 1. The van der Waals surface area contributed by atoms with Crippen LogP contribution in [0.2, 0.25) is 5.02 Å². The van der Waals surface area contributed by atoms with Crippen molar-refractivity contribution >= 4 is 41.5 Å². The van der Waals surface area contributed by atoms with Crippen LogP contribution in [0.3, 0.4) is 0 Å². The lowest BCUT2D eigenvalue weighted by Gasteiger charge is -2.18. The van der Waals surface area contributed by atoms with Crippen molar-refractivity contribution in [2.75, 3.05) is 53.5 Å². The standard InChI is InChI=1S/C18H31ClN4O2.HI/c1-4-20-18(21-10-12-23(2)11-7-13-25-3)22-14-17(24)15-8-5-6-9-16(15)19;/h5-6,8-9,17,24H,4,7,10-14H2,1-3H3,(H2,20,21,22);1H. The maximum atomic E-state index is 10.3. The highest BCUT2D eigenvalue weighted by atomic mass is 127. The van der Waals surface area contributed by atoms with Crippen LogP contribution in [0.15, 0.2) is 29.3 Å². The number of halogens is 2. The molecule has 0 aromatic heterocycles. The highest BCUT2D eigenvalue weighted by molar-refractivity contribution is 14.0. The molecule has 0 fully saturated rings. The van der Waals surface area contributed by atoms with Gasteiger partial charge >= 0.3 is 0 Å². The third-order valence-electron chi connectivity index (χ3n) is 3.71. The molecular formula is C18H32ClIN4O2. The topological polar surface area (TPSA) is 69.1 Å². The third-order valence-corrected chi connectivity index (χ3v) is 4.05. The Balaban J connectivity index is 0.00000625. The molecule has 150 valence electrons. The van der Waals surface area contributed by atoms with Gasteiger partial charge in [-0.3, -0.25) is 4.99 Å². The van der Waals surface area contributed by atoms with Crippen molar-refractivity contribution < 1.29 is 9.84 Å². The van der Waals surface area contributed by atoms with Crippen molar-refractivity contribution in [3.05, 3.63) is 34.9 Å². The number of guanidine groups is 1. The Bertz CT molecular complexity index is 520. The first-order valence-corrected chi connectivity index (χ1v) is 9.08. The molecule has 1 unspecified atom stereocenters. The van der Waals surface area contributed by atoms with E-state index in [9.17, 15) is 5.11 Å². The van der Waals surface area contributed by atoms with Gasteiger partial charge in [-0.1, -0.05) is 29.8 Å². The van der Waals surface area contributed by atoms with Crippen LogP contribution < -0.4 is 10.6 Å². The van der Waals surface area contributed by atoms with Gasteiger partial charge in [0.15, 0.2) is 5.96 Å². The summed E-state index contributed by atoms with van der Waals surface area (Å²) in [5.74, 6) is 0.693. The molecule has 0 saturated heterocycles. The molecule has 6 nitrogen and oxygen atoms in total. The van der Waals surface area contributed by atoms with Gasteiger partial charge in [-0.25, -0.2) is 0 Å². The number of nitrogens with one attached hydrogen (secondary N) is 2. The molecule has 1 rings (SSSR count). The largest absolute Gasteiger partial charge is 0.386 e. The second-order valence-corrected chi connectivity index (χ2v) is 6.24. The summed E-state index contributed by atoms with van der Waals surface area (Å²) < 4.78 is 5.06. The molecular weight excluding hydrogens is 467 g/mol. The van der Waals surface area contributed by atoms with E-state index in [1.54, 1.807) is 13.2 Å². The summed E-state index contributed by atoms with van der Waals surface area (Å²) in [6.07, 6.45) is 0.298. The fourth-order valence-corrected chi connectivity index (χ4v) is 2.58. The SMILES string of the molecule is CCNC(=NCC(O)c1ccccc1Cl)NCCN(C)CCCOC.I. The molecule has 0 heterocycles. The molecule has 0 saturated carbocycles. The summed E-state index contributed by atoms with van der Waals surface area (Å²) in [6, 6.07) is 7.29. The molecule has 0 aliphatic rings. The Labute approximate surface area is 179 Å². The number of aliphatic imine (C=N–C) groups is 1. The predicted molar refractivity (Wildman–Crippen MR) is 120 cm³/mol. The zero-order valence-electron chi connectivity index (χ0n) is 15.9. The summed E-state index contributed by atoms with van der Waals surface area (Å²) in [4.78, 5) is 6.69. The van der Waals surface area contributed by atoms with Crippen LogP contribution >= 0.6 is 35.6 Å². The smallest absolute Gasteiger partial charge is 0.191 e. The number of likely N-dealkylation sites (N-methyl/N-ethyl adjacent to an activating group) is 1. The number of nitrogens with zero attached hydrogens (tertiary/aromatic N) is 2. The van der Waals surface area contributed by atoms with Gasteiger partial charge in [0.1, 0.15) is 6.10 Å². The number of aliphatic hydroxyl groups excluding tert-OH is 1. The number of ether oxygens (including phenoxy) is 1. The van der Waals surface area contributed by atoms with Crippen molar-refractivity contribution in [1.82, 2.24) is 15.5 Å². The number of aliphatic hydroxyl groups is 1. The summed E-state index contributed by atoms with van der Waals surface area (Å²) in [6.45, 7) is 6.48. The zero-order valence-corrected chi connectivity index (χ0v) is 19.0. The van der Waals surface area contributed by atoms with Crippen molar-refractivity contribution in [3.8, 4) is 0 Å². The molecule has 0 spiro atoms. The number of hydrogen-bond acceptors (Lipinski definition) is 4. The molecule has 3 N–H and O–H groups in total. The highest BCUT2D eigenvalue weighted by Crippen LogP contribution is 2.22. The quantitative estimate of drug-likeness (QED) is 0.189. The predicted octanol–water partition coefficient (Wildman–Crippen LogP) is 2.51. The minimum absolute atomic E-state index is 0. The van der Waals surface area contributed by atoms with Crippen LogP contribution in [0.25, 0.3) is 0 Å². The maximum absolute atomic E-state index is 10.3. The Morgan fingerprint density at radius 3 is 2.69 bits per heavy atom. The first-order valence-electron chi connectivity index (χ1n) is 8.70. The van der Waals surface area contributed by atoms with E-state index in [0.29, 0.717) is 16.5 Å². The van der Waals surface area contributed by atoms with Crippen molar-refractivity contribution in [2.24, 2.45) is 4.99 Å². The van der Waals surface area contributed by atoms with Gasteiger partial charge in [0.25, 0.3) is 0 Å². The number of hydrogen-bond donors (Lipinski definition) is 3. The zero-order chi connectivity index (χ0) is 18.5. The summed E-state index contributed by atoms with van der Waals surface area (Å²) >= 11 is 6.11. The second kappa shape index (κ2) is 15.4. The Morgan fingerprint density at radius 2 is 2.04 bits per heavy atom. The molecule has 0 amide bonds. The van der Waals surface area contributed by atoms with E-state index in [1.807, 2.05) is 25.1 Å². The number of benzene rings is 1. The minimum Gasteiger partial charge on any atom is -0.386 e. The van der Waals surface area contributed by atoms with E-state index in [0.717, 1.165) is 39.2 Å². The minimum atomic E-state index is -0.721. The first kappa shape index (κ1) is 25.4. The van der Waals surface area contributed by atoms with Gasteiger partial charge in [0, 0.05) is 50.5 Å². The van der Waals surface area contributed by atoms with E-state index >= 15 is 0 Å². The van der Waals surface area contributed by atoms with Crippen LogP contribution in [-0.2, 0) is 4.74 Å². The van der Waals surface area contributed by atoms with Crippen LogP contribution in [0.4, 0.5) is 0 Å². The van der Waals surface area contributed by atoms with Gasteiger partial charge in [-0.05, 0) is 26.5 Å². The first-order chi connectivity index (χ1) is 12.1. The maximum Gasteiger partial charge on any atom is 0.191 e. The lowest BCUT2D eigenvalue weighted by atomic mass is 10.1. The molecule has 26 heavy (non-hydrogen) atoms. The Kier molecular flexibility index (Phi) is 15.1. The Hall–Kier alpha value is -0.610. The van der Waals surface area contributed by atoms with E-state index in [4.69, 9.17) is 16.3 Å². The lowest BCUT2D eigenvalue weighted by Crippen LogP contribution is -2.41. The molecule has 1 aromatic rings. The Morgan fingerprint density at radius 1 is 1.31 bits per heavy atom. The van der Waals surface area contributed by atoms with Gasteiger partial charge < -0.3 is 25.4 Å². The lowest BCUT2D eigenvalue weighted by molar-refractivity contribution is 0.180. The van der Waals surface area contributed by atoms with Gasteiger partial charge in [-0.2, -0.15) is 0 Å². The van der Waals surface area contributed by atoms with E-state index in [1.165, 1.54) is 0 Å². The fraction of sp³-hybridized carbons (Fsp3) is 0.611. The van der Waals surface area contributed by atoms with Crippen LogP contribution in [0.1, 0.15) is 25.0 Å². The summed E-state index contributed by atoms with van der Waals surface area (Å²) in [5.41, 5.74) is 0.696. The molecule has 0 radical (unpaired) electrons. The van der Waals surface area contributed by atoms with Crippen LogP contribution in [0.5, 0.6) is 0 Å². The summed E-state index contributed by atoms with van der Waals surface area (Å²) in [7, 11) is 3.81. The van der Waals surface area contributed by atoms with Crippen molar-refractivity contribution in [1.29, 1.82) is 0 Å². The third kappa shape index (κ3) is 10.5. The molecule has 0 aliphatic heterocycles. The average molecular weight is 499 g/mol. The van der Waals surface area contributed by atoms with Gasteiger partial charge in [-0.15, -0.1) is 24.0 Å². The summed E-state index contributed by atoms with van der Waals surface area (Å²) in [5, 5.41) is 17.3. The molecule has 1 atom stereocenters. The van der Waals surface area contributed by atoms with Crippen LogP contribution in [0, 0.1) is 0 Å². The molecule has 0 bridgehead atoms.